The van der Waals surface area contributed by atoms with Crippen molar-refractivity contribution in [3.05, 3.63) is 218 Å². The van der Waals surface area contributed by atoms with Crippen molar-refractivity contribution in [2.75, 3.05) is 0 Å². The van der Waals surface area contributed by atoms with Gasteiger partial charge < -0.3 is 13.6 Å². The van der Waals surface area contributed by atoms with Gasteiger partial charge in [0.1, 0.15) is 11.2 Å². The van der Waals surface area contributed by atoms with Crippen molar-refractivity contribution >= 4 is 108 Å². The van der Waals surface area contributed by atoms with E-state index < -0.39 is 0 Å². The zero-order valence-corrected chi connectivity index (χ0v) is 38.8. The van der Waals surface area contributed by atoms with Crippen LogP contribution in [-0.4, -0.2) is 19.1 Å². The Balaban J connectivity index is 1.10. The van der Waals surface area contributed by atoms with Gasteiger partial charge in [0.25, 0.3) is 0 Å². The zero-order valence-electron chi connectivity index (χ0n) is 38.0. The summed E-state index contributed by atoms with van der Waals surface area (Å²) in [4.78, 5) is 11.7. The van der Waals surface area contributed by atoms with Gasteiger partial charge in [0, 0.05) is 80.6 Å². The van der Waals surface area contributed by atoms with Crippen molar-refractivity contribution in [1.29, 1.82) is 0 Å². The molecule has 0 aliphatic heterocycles. The molecule has 0 amide bonds. The number of benzene rings is 10. The number of para-hydroxylation sites is 5. The number of aromatic nitrogens is 4. The topological polar surface area (TPSA) is 48.8 Å². The fourth-order valence-electron chi connectivity index (χ4n) is 11.4. The van der Waals surface area contributed by atoms with Crippen LogP contribution in [0.25, 0.3) is 142 Å². The second-order valence-electron chi connectivity index (χ2n) is 18.3. The zero-order chi connectivity index (χ0) is 46.0. The first kappa shape index (κ1) is 39.2. The number of hydrogen-bond acceptors (Lipinski definition) is 4. The first-order valence-electron chi connectivity index (χ1n) is 24.0. The number of rotatable bonds is 6. The lowest BCUT2D eigenvalue weighted by atomic mass is 9.95. The van der Waals surface area contributed by atoms with Gasteiger partial charge >= 0.3 is 0 Å². The van der Waals surface area contributed by atoms with Gasteiger partial charge in [0.05, 0.1) is 39.0 Å². The predicted octanol–water partition coefficient (Wildman–Crippen LogP) is 17.7. The van der Waals surface area contributed by atoms with Crippen LogP contribution in [0, 0.1) is 0 Å². The van der Waals surface area contributed by atoms with Crippen molar-refractivity contribution in [2.24, 2.45) is 0 Å². The van der Waals surface area contributed by atoms with Crippen molar-refractivity contribution in [3.63, 3.8) is 0 Å². The highest BCUT2D eigenvalue weighted by molar-refractivity contribution is 7.26. The number of furan rings is 1. The molecule has 70 heavy (non-hydrogen) atoms. The van der Waals surface area contributed by atoms with Crippen molar-refractivity contribution in [2.45, 2.75) is 13.3 Å². The van der Waals surface area contributed by atoms with Crippen LogP contribution in [0.2, 0.25) is 0 Å². The van der Waals surface area contributed by atoms with E-state index in [0.29, 0.717) is 12.2 Å². The molecule has 6 heteroatoms. The summed E-state index contributed by atoms with van der Waals surface area (Å²) in [5.74, 6) is 0.608. The van der Waals surface area contributed by atoms with Gasteiger partial charge in [-0.3, -0.25) is 0 Å². The van der Waals surface area contributed by atoms with E-state index in [0.717, 1.165) is 89.0 Å². The molecular formula is C64H40N4OS. The van der Waals surface area contributed by atoms with Gasteiger partial charge in [0.15, 0.2) is 5.82 Å². The van der Waals surface area contributed by atoms with Gasteiger partial charge in [-0.25, -0.2) is 9.97 Å². The van der Waals surface area contributed by atoms with Crippen LogP contribution < -0.4 is 0 Å². The Kier molecular flexibility index (Phi) is 8.44. The molecule has 0 fully saturated rings. The molecule has 0 saturated heterocycles. The molecule has 5 nitrogen and oxygen atoms in total. The van der Waals surface area contributed by atoms with Crippen LogP contribution >= 0.6 is 11.3 Å². The Morgan fingerprint density at radius 1 is 0.429 bits per heavy atom. The molecule has 0 unspecified atom stereocenters. The Hall–Kier alpha value is -8.84. The number of hydrogen-bond donors (Lipinski definition) is 0. The number of nitrogens with zero attached hydrogens (tertiary/aromatic N) is 4. The second-order valence-corrected chi connectivity index (χ2v) is 19.3. The molecule has 0 saturated carbocycles. The van der Waals surface area contributed by atoms with E-state index in [2.05, 4.69) is 222 Å². The second kappa shape index (κ2) is 15.1. The monoisotopic (exact) mass is 912 g/mol. The molecule has 10 aromatic carbocycles. The predicted molar refractivity (Wildman–Crippen MR) is 294 cm³/mol. The molecule has 0 radical (unpaired) electrons. The Bertz CT molecular complexity index is 4650. The van der Waals surface area contributed by atoms with Crippen LogP contribution in [-0.2, 0) is 6.42 Å². The van der Waals surface area contributed by atoms with Crippen molar-refractivity contribution < 1.29 is 4.42 Å². The van der Waals surface area contributed by atoms with Crippen LogP contribution in [0.15, 0.2) is 217 Å². The summed E-state index contributed by atoms with van der Waals surface area (Å²) < 4.78 is 14.3. The van der Waals surface area contributed by atoms with Crippen LogP contribution in [0.3, 0.4) is 0 Å². The third kappa shape index (κ3) is 5.65. The molecule has 0 N–H and O–H groups in total. The van der Waals surface area contributed by atoms with Gasteiger partial charge in [-0.15, -0.1) is 11.3 Å². The molecule has 0 aliphatic carbocycles. The highest BCUT2D eigenvalue weighted by Crippen LogP contribution is 2.47. The molecular weight excluding hydrogens is 873 g/mol. The number of fused-ring (bicyclic) bond motifs is 13. The molecule has 5 aromatic heterocycles. The van der Waals surface area contributed by atoms with Gasteiger partial charge in [-0.2, -0.15) is 0 Å². The average molecular weight is 913 g/mol. The molecule has 0 atom stereocenters. The summed E-state index contributed by atoms with van der Waals surface area (Å²) in [6.45, 7) is 2.24. The first-order chi connectivity index (χ1) is 34.7. The Labute approximate surface area is 405 Å². The van der Waals surface area contributed by atoms with Crippen LogP contribution in [0.5, 0.6) is 0 Å². The first-order valence-corrected chi connectivity index (χ1v) is 24.8. The third-order valence-corrected chi connectivity index (χ3v) is 15.7. The maximum atomic E-state index is 7.00. The van der Waals surface area contributed by atoms with E-state index in [9.17, 15) is 0 Å². The largest absolute Gasteiger partial charge is 0.455 e. The summed E-state index contributed by atoms with van der Waals surface area (Å²) >= 11 is 1.83. The molecule has 0 spiro atoms. The fourth-order valence-corrected chi connectivity index (χ4v) is 12.6. The van der Waals surface area contributed by atoms with Gasteiger partial charge in [-0.1, -0.05) is 159 Å². The summed E-state index contributed by atoms with van der Waals surface area (Å²) in [5, 5.41) is 11.7. The molecule has 328 valence electrons. The lowest BCUT2D eigenvalue weighted by Gasteiger charge is -2.18. The molecule has 15 rings (SSSR count). The molecule has 5 heterocycles. The highest BCUT2D eigenvalue weighted by Gasteiger charge is 2.27. The van der Waals surface area contributed by atoms with Crippen LogP contribution in [0.4, 0.5) is 0 Å². The Morgan fingerprint density at radius 3 is 1.84 bits per heavy atom. The third-order valence-electron chi connectivity index (χ3n) is 14.5. The normalized spacial score (nSPS) is 12.1. The fraction of sp³-hybridized carbons (Fsp3) is 0.0312. The maximum Gasteiger partial charge on any atom is 0.164 e. The highest BCUT2D eigenvalue weighted by atomic mass is 32.1. The van der Waals surface area contributed by atoms with Gasteiger partial charge in [-0.05, 0) is 77.9 Å². The maximum absolute atomic E-state index is 7.00. The minimum Gasteiger partial charge on any atom is -0.455 e. The van der Waals surface area contributed by atoms with Crippen molar-refractivity contribution in [3.8, 4) is 45.3 Å². The van der Waals surface area contributed by atoms with E-state index in [1.54, 1.807) is 0 Å². The summed E-state index contributed by atoms with van der Waals surface area (Å²) in [7, 11) is 0. The summed E-state index contributed by atoms with van der Waals surface area (Å²) in [5.41, 5.74) is 14.1. The molecule has 0 aliphatic rings. The lowest BCUT2D eigenvalue weighted by molar-refractivity contribution is 0.669. The quantitative estimate of drug-likeness (QED) is 0.167. The summed E-state index contributed by atoms with van der Waals surface area (Å²) in [6.07, 6.45) is 0.712. The van der Waals surface area contributed by atoms with E-state index in [-0.39, 0.29) is 0 Å². The Morgan fingerprint density at radius 2 is 1.04 bits per heavy atom. The molecule has 0 bridgehead atoms. The smallest absolute Gasteiger partial charge is 0.164 e. The minimum absolute atomic E-state index is 0.608. The van der Waals surface area contributed by atoms with E-state index in [4.69, 9.17) is 14.4 Å². The van der Waals surface area contributed by atoms with E-state index in [1.165, 1.54) is 52.5 Å². The molecule has 15 aromatic rings. The minimum atomic E-state index is 0.608. The van der Waals surface area contributed by atoms with E-state index >= 15 is 0 Å². The van der Waals surface area contributed by atoms with E-state index in [1.807, 2.05) is 17.4 Å². The van der Waals surface area contributed by atoms with Crippen LogP contribution in [0.1, 0.15) is 12.5 Å². The van der Waals surface area contributed by atoms with Crippen molar-refractivity contribution in [1.82, 2.24) is 19.1 Å². The average Bonchev–Trinajstić information content (AvgIpc) is 4.18. The standard InChI is InChI=1S/C64H40N4OS/c1-2-42-59(49-28-16-26-47-43-22-8-13-31-55(43)68(61(47)49)40-20-4-3-5-21-40)65-64(66-60(42)50-29-17-27-48-46-25-11-15-33-58(46)70-63(48)50)53-37-41(36-52-45-24-10-14-32-57(45)69-62(52)53)67-54-30-12-9-23-44(54)51-34-38-18-6-7-19-39(38)35-56(51)67/h3-37H,2H2,1H3. The van der Waals surface area contributed by atoms with Gasteiger partial charge in [0.2, 0.25) is 0 Å². The summed E-state index contributed by atoms with van der Waals surface area (Å²) in [6, 6.07) is 76.6. The lowest BCUT2D eigenvalue weighted by Crippen LogP contribution is -2.05. The SMILES string of the molecule is CCc1c(-c2cccc3c2sc2ccccc23)nc(-c2cc(-n3c4ccccc4c4cc5ccccc5cc43)cc3c2oc2ccccc23)nc1-c1cccc2c3ccccc3n(-c3ccccc3)c12. The number of thiophene rings is 1.